The van der Waals surface area contributed by atoms with E-state index in [2.05, 4.69) is 0 Å². The molecule has 6 heteroatoms. The third-order valence-corrected chi connectivity index (χ3v) is 5.50. The fraction of sp³-hybridized carbons (Fsp3) is 1.00. The summed E-state index contributed by atoms with van der Waals surface area (Å²) in [5, 5.41) is 9.05. The maximum Gasteiger partial charge on any atom is 0.157 e. The predicted octanol–water partition coefficient (Wildman–Crippen LogP) is 3.95. The predicted molar refractivity (Wildman–Crippen MR) is 80.3 cm³/mol. The molecule has 0 bridgehead atoms. The third kappa shape index (κ3) is 4.19. The maximum atomic E-state index is 14.5. The van der Waals surface area contributed by atoms with Crippen molar-refractivity contribution in [1.29, 1.82) is 0 Å². The molecule has 2 saturated carbocycles. The molecule has 8 atom stereocenters. The summed E-state index contributed by atoms with van der Waals surface area (Å²) < 4.78 is 62.4. The lowest BCUT2D eigenvalue weighted by molar-refractivity contribution is -0.106. The lowest BCUT2D eigenvalue weighted by atomic mass is 9.68. The van der Waals surface area contributed by atoms with Gasteiger partial charge in [0.25, 0.3) is 0 Å². The lowest BCUT2D eigenvalue weighted by Gasteiger charge is -2.43. The van der Waals surface area contributed by atoms with Crippen LogP contribution in [0.25, 0.3) is 0 Å². The second-order valence-electron chi connectivity index (χ2n) is 6.97. The maximum absolute atomic E-state index is 14.5. The van der Waals surface area contributed by atoms with Gasteiger partial charge in [-0.05, 0) is 43.9 Å². The average Bonchev–Trinajstić information content (AvgIpc) is 2.55. The molecule has 0 radical (unpaired) electrons. The van der Waals surface area contributed by atoms with Crippen molar-refractivity contribution in [3.63, 3.8) is 0 Å². The Morgan fingerprint density at radius 1 is 0.870 bits per heavy atom. The first-order valence-corrected chi connectivity index (χ1v) is 8.80. The van der Waals surface area contributed by atoms with Crippen molar-refractivity contribution >= 4 is 0 Å². The molecule has 0 aromatic heterocycles. The van der Waals surface area contributed by atoms with Crippen LogP contribution < -0.4 is 0 Å². The van der Waals surface area contributed by atoms with Crippen molar-refractivity contribution in [2.45, 2.75) is 76.2 Å². The highest BCUT2D eigenvalue weighted by atomic mass is 19.2. The lowest BCUT2D eigenvalue weighted by Crippen LogP contribution is -2.50. The van der Waals surface area contributed by atoms with Crippen LogP contribution in [0.3, 0.4) is 0 Å². The number of halogens is 4. The largest absolute Gasteiger partial charge is 0.396 e. The summed E-state index contributed by atoms with van der Waals surface area (Å²) in [5.74, 6) is -2.34. The highest BCUT2D eigenvalue weighted by Crippen LogP contribution is 2.44. The van der Waals surface area contributed by atoms with E-state index in [1.54, 1.807) is 0 Å². The Kier molecular flexibility index (Phi) is 7.14. The first-order valence-electron chi connectivity index (χ1n) is 8.80. The molecule has 2 aliphatic carbocycles. The Balaban J connectivity index is 1.94. The van der Waals surface area contributed by atoms with E-state index in [1.165, 1.54) is 0 Å². The number of aliphatic hydroxyl groups excluding tert-OH is 1. The minimum absolute atomic E-state index is 0.298. The number of unbranched alkanes of at least 4 members (excludes halogenated alkanes) is 1. The zero-order chi connectivity index (χ0) is 17.0. The SMILES string of the molecule is CCCCOC1CCC(C2CCC(CO)C(F)C2F)C(F)C1F. The summed E-state index contributed by atoms with van der Waals surface area (Å²) in [6, 6.07) is 0. The third-order valence-electron chi connectivity index (χ3n) is 5.50. The molecule has 0 spiro atoms. The Morgan fingerprint density at radius 2 is 1.48 bits per heavy atom. The van der Waals surface area contributed by atoms with E-state index in [0.29, 0.717) is 32.3 Å². The van der Waals surface area contributed by atoms with Gasteiger partial charge in [-0.15, -0.1) is 0 Å². The number of rotatable bonds is 6. The smallest absolute Gasteiger partial charge is 0.157 e. The Hall–Kier alpha value is -0.360. The van der Waals surface area contributed by atoms with Gasteiger partial charge >= 0.3 is 0 Å². The standard InChI is InChI=1S/C17H28F4O2/c1-2-3-8-23-13-7-6-12(16(20)17(13)21)11-5-4-10(9-22)14(18)15(11)19/h10-17,22H,2-9H2,1H3. The van der Waals surface area contributed by atoms with Gasteiger partial charge in [0, 0.05) is 19.1 Å². The Bertz CT molecular complexity index is 357. The molecule has 2 rings (SSSR count). The molecule has 0 aromatic rings. The highest BCUT2D eigenvalue weighted by molar-refractivity contribution is 4.98. The molecule has 0 aliphatic heterocycles. The summed E-state index contributed by atoms with van der Waals surface area (Å²) in [6.45, 7) is 1.98. The minimum atomic E-state index is -1.83. The molecule has 1 N–H and O–H groups in total. The van der Waals surface area contributed by atoms with E-state index in [-0.39, 0.29) is 0 Å². The highest BCUT2D eigenvalue weighted by Gasteiger charge is 2.50. The summed E-state index contributed by atoms with van der Waals surface area (Å²) in [5.41, 5.74) is 0. The summed E-state index contributed by atoms with van der Waals surface area (Å²) in [6.07, 6.45) is -4.98. The first kappa shape index (κ1) is 19.0. The molecule has 0 aromatic carbocycles. The second-order valence-corrected chi connectivity index (χ2v) is 6.97. The molecule has 0 heterocycles. The van der Waals surface area contributed by atoms with Gasteiger partial charge in [-0.2, -0.15) is 0 Å². The first-order chi connectivity index (χ1) is 11.0. The Labute approximate surface area is 135 Å². The van der Waals surface area contributed by atoms with Crippen molar-refractivity contribution in [3.8, 4) is 0 Å². The van der Waals surface area contributed by atoms with Gasteiger partial charge in [0.15, 0.2) is 6.17 Å². The van der Waals surface area contributed by atoms with Crippen LogP contribution in [0.1, 0.15) is 45.4 Å². The minimum Gasteiger partial charge on any atom is -0.396 e. The van der Waals surface area contributed by atoms with Crippen LogP contribution in [0, 0.1) is 17.8 Å². The van der Waals surface area contributed by atoms with Crippen LogP contribution >= 0.6 is 0 Å². The van der Waals surface area contributed by atoms with Crippen molar-refractivity contribution in [2.75, 3.05) is 13.2 Å². The molecule has 2 nitrogen and oxygen atoms in total. The molecular weight excluding hydrogens is 312 g/mol. The number of hydrogen-bond acceptors (Lipinski definition) is 2. The number of alkyl halides is 4. The molecule has 8 unspecified atom stereocenters. The molecule has 2 fully saturated rings. The van der Waals surface area contributed by atoms with Crippen LogP contribution in [0.4, 0.5) is 17.6 Å². The van der Waals surface area contributed by atoms with Crippen LogP contribution in [0.2, 0.25) is 0 Å². The molecular formula is C17H28F4O2. The zero-order valence-electron chi connectivity index (χ0n) is 13.6. The number of aliphatic hydroxyl groups is 1. The fourth-order valence-electron chi connectivity index (χ4n) is 3.98. The van der Waals surface area contributed by atoms with E-state index in [4.69, 9.17) is 9.84 Å². The average molecular weight is 340 g/mol. The van der Waals surface area contributed by atoms with E-state index in [9.17, 15) is 17.6 Å². The molecule has 0 amide bonds. The Morgan fingerprint density at radius 3 is 2.09 bits per heavy atom. The zero-order valence-corrected chi connectivity index (χ0v) is 13.6. The number of hydrogen-bond donors (Lipinski definition) is 1. The van der Waals surface area contributed by atoms with Crippen molar-refractivity contribution in [1.82, 2.24) is 0 Å². The van der Waals surface area contributed by atoms with E-state index in [0.717, 1.165) is 12.8 Å². The van der Waals surface area contributed by atoms with Gasteiger partial charge in [-0.1, -0.05) is 13.3 Å². The van der Waals surface area contributed by atoms with Crippen LogP contribution in [0.5, 0.6) is 0 Å². The monoisotopic (exact) mass is 340 g/mol. The summed E-state index contributed by atoms with van der Waals surface area (Å²) in [4.78, 5) is 0. The van der Waals surface area contributed by atoms with Crippen molar-refractivity contribution in [2.24, 2.45) is 17.8 Å². The van der Waals surface area contributed by atoms with Gasteiger partial charge in [0.05, 0.1) is 6.10 Å². The number of ether oxygens (including phenoxy) is 1. The van der Waals surface area contributed by atoms with Gasteiger partial charge < -0.3 is 9.84 Å². The van der Waals surface area contributed by atoms with Crippen molar-refractivity contribution in [3.05, 3.63) is 0 Å². The van der Waals surface area contributed by atoms with E-state index >= 15 is 0 Å². The molecule has 0 saturated heterocycles. The van der Waals surface area contributed by atoms with Gasteiger partial charge in [0.1, 0.15) is 18.5 Å². The normalized spacial score (nSPS) is 45.1. The fourth-order valence-corrected chi connectivity index (χ4v) is 3.98. The van der Waals surface area contributed by atoms with Crippen LogP contribution in [-0.4, -0.2) is 49.1 Å². The summed E-state index contributed by atoms with van der Waals surface area (Å²) >= 11 is 0. The van der Waals surface area contributed by atoms with E-state index in [1.807, 2.05) is 6.92 Å². The van der Waals surface area contributed by atoms with Gasteiger partial charge in [-0.25, -0.2) is 17.6 Å². The van der Waals surface area contributed by atoms with Crippen molar-refractivity contribution < 1.29 is 27.4 Å². The van der Waals surface area contributed by atoms with Crippen LogP contribution in [-0.2, 0) is 4.74 Å². The van der Waals surface area contributed by atoms with Gasteiger partial charge in [-0.3, -0.25) is 0 Å². The molecule has 2 aliphatic rings. The van der Waals surface area contributed by atoms with Crippen LogP contribution in [0.15, 0.2) is 0 Å². The topological polar surface area (TPSA) is 29.5 Å². The molecule has 136 valence electrons. The van der Waals surface area contributed by atoms with Gasteiger partial charge in [0.2, 0.25) is 0 Å². The van der Waals surface area contributed by atoms with E-state index < -0.39 is 55.2 Å². The second kappa shape index (κ2) is 8.65. The quantitative estimate of drug-likeness (QED) is 0.586. The molecule has 23 heavy (non-hydrogen) atoms. The summed E-state index contributed by atoms with van der Waals surface area (Å²) in [7, 11) is 0.